The lowest BCUT2D eigenvalue weighted by Gasteiger charge is -2.14. The van der Waals surface area contributed by atoms with E-state index in [0.717, 1.165) is 12.0 Å². The van der Waals surface area contributed by atoms with E-state index >= 15 is 0 Å². The van der Waals surface area contributed by atoms with Crippen LogP contribution in [0.15, 0.2) is 53.4 Å². The molecule has 3 N–H and O–H groups in total. The molecule has 1 atom stereocenters. The lowest BCUT2D eigenvalue weighted by atomic mass is 9.96. The monoisotopic (exact) mass is 404 g/mol. The van der Waals surface area contributed by atoms with Crippen LogP contribution in [0.25, 0.3) is 0 Å². The third-order valence-electron chi connectivity index (χ3n) is 4.34. The molecule has 2 aromatic rings. The molecule has 152 valence electrons. The molecule has 0 spiro atoms. The summed E-state index contributed by atoms with van der Waals surface area (Å²) in [6.07, 6.45) is 1.02. The van der Waals surface area contributed by atoms with Gasteiger partial charge in [-0.3, -0.25) is 4.79 Å². The van der Waals surface area contributed by atoms with Crippen LogP contribution in [-0.4, -0.2) is 27.5 Å². The van der Waals surface area contributed by atoms with Crippen molar-refractivity contribution in [2.75, 3.05) is 13.2 Å². The van der Waals surface area contributed by atoms with Gasteiger partial charge in [0.25, 0.3) is 0 Å². The number of sulfonamides is 1. The maximum absolute atomic E-state index is 12.3. The summed E-state index contributed by atoms with van der Waals surface area (Å²) in [4.78, 5) is 12.4. The molecule has 6 nitrogen and oxygen atoms in total. The van der Waals surface area contributed by atoms with Crippen molar-refractivity contribution in [3.63, 3.8) is 0 Å². The quantitative estimate of drug-likeness (QED) is 0.628. The molecule has 1 unspecified atom stereocenters. The molecule has 0 radical (unpaired) electrons. The zero-order chi connectivity index (χ0) is 20.7. The van der Waals surface area contributed by atoms with Gasteiger partial charge in [-0.15, -0.1) is 0 Å². The summed E-state index contributed by atoms with van der Waals surface area (Å²) in [5, 5.41) is 7.91. The fraction of sp³-hybridized carbons (Fsp3) is 0.381. The zero-order valence-corrected chi connectivity index (χ0v) is 17.3. The smallest absolute Gasteiger partial charge is 0.238 e. The minimum absolute atomic E-state index is 0.0291. The van der Waals surface area contributed by atoms with Crippen LogP contribution in [0.4, 0.5) is 0 Å². The highest BCUT2D eigenvalue weighted by Crippen LogP contribution is 2.18. The molecule has 7 heteroatoms. The molecule has 2 rings (SSSR count). The third-order valence-corrected chi connectivity index (χ3v) is 5.27. The average molecular weight is 405 g/mol. The maximum atomic E-state index is 12.3. The molecule has 1 amide bonds. The number of hydrogen-bond donors (Lipinski definition) is 2. The van der Waals surface area contributed by atoms with E-state index in [1.54, 1.807) is 0 Å². The molecule has 0 aromatic heterocycles. The van der Waals surface area contributed by atoms with Crippen LogP contribution in [-0.2, 0) is 21.2 Å². The van der Waals surface area contributed by atoms with Crippen molar-refractivity contribution in [3.05, 3.63) is 59.7 Å². The number of benzene rings is 2. The van der Waals surface area contributed by atoms with Gasteiger partial charge < -0.3 is 10.1 Å². The Morgan fingerprint density at radius 3 is 2.18 bits per heavy atom. The first-order valence-electron chi connectivity index (χ1n) is 9.29. The number of ether oxygens (including phenoxy) is 1. The van der Waals surface area contributed by atoms with Crippen molar-refractivity contribution in [3.8, 4) is 5.75 Å². The standard InChI is InChI=1S/C21H28N2O4S/c1-15(2)14-17-4-6-18(7-5-17)16(3)21(24)23-12-13-27-19-8-10-20(11-9-19)28(22,25)26/h4-11,15-16H,12-14H2,1-3H3,(H,23,24)(H2,22,25,26). The van der Waals surface area contributed by atoms with E-state index < -0.39 is 10.0 Å². The Bertz CT molecular complexity index is 876. The van der Waals surface area contributed by atoms with Crippen LogP contribution in [0.3, 0.4) is 0 Å². The normalized spacial score (nSPS) is 12.6. The second-order valence-corrected chi connectivity index (χ2v) is 8.78. The summed E-state index contributed by atoms with van der Waals surface area (Å²) in [5.41, 5.74) is 2.25. The number of carbonyl (C=O) groups is 1. The van der Waals surface area contributed by atoms with Crippen molar-refractivity contribution < 1.29 is 17.9 Å². The first-order chi connectivity index (χ1) is 13.2. The molecule has 0 fully saturated rings. The highest BCUT2D eigenvalue weighted by atomic mass is 32.2. The fourth-order valence-electron chi connectivity index (χ4n) is 2.79. The Kier molecular flexibility index (Phi) is 7.60. The lowest BCUT2D eigenvalue weighted by Crippen LogP contribution is -2.31. The Morgan fingerprint density at radius 1 is 1.04 bits per heavy atom. The van der Waals surface area contributed by atoms with Gasteiger partial charge in [-0.05, 0) is 54.7 Å². The van der Waals surface area contributed by atoms with E-state index in [1.807, 2.05) is 19.1 Å². The fourth-order valence-corrected chi connectivity index (χ4v) is 3.30. The minimum atomic E-state index is -3.71. The summed E-state index contributed by atoms with van der Waals surface area (Å²) >= 11 is 0. The number of primary sulfonamides is 1. The first-order valence-corrected chi connectivity index (χ1v) is 10.8. The molecular weight excluding hydrogens is 376 g/mol. The molecular formula is C21H28N2O4S. The largest absolute Gasteiger partial charge is 0.492 e. The van der Waals surface area contributed by atoms with E-state index in [0.29, 0.717) is 18.2 Å². The van der Waals surface area contributed by atoms with Gasteiger partial charge in [-0.2, -0.15) is 0 Å². The van der Waals surface area contributed by atoms with Crippen LogP contribution < -0.4 is 15.2 Å². The van der Waals surface area contributed by atoms with Crippen LogP contribution in [0.1, 0.15) is 37.8 Å². The van der Waals surface area contributed by atoms with Crippen LogP contribution in [0.2, 0.25) is 0 Å². The van der Waals surface area contributed by atoms with E-state index in [9.17, 15) is 13.2 Å². The predicted octanol–water partition coefficient (Wildman–Crippen LogP) is 2.83. The van der Waals surface area contributed by atoms with Crippen molar-refractivity contribution >= 4 is 15.9 Å². The third kappa shape index (κ3) is 6.65. The molecule has 0 aliphatic heterocycles. The highest BCUT2D eigenvalue weighted by molar-refractivity contribution is 7.89. The van der Waals surface area contributed by atoms with Gasteiger partial charge in [0.2, 0.25) is 15.9 Å². The van der Waals surface area contributed by atoms with Gasteiger partial charge in [0.05, 0.1) is 17.4 Å². The van der Waals surface area contributed by atoms with Gasteiger partial charge in [-0.25, -0.2) is 13.6 Å². The summed E-state index contributed by atoms with van der Waals surface area (Å²) in [7, 11) is -3.71. The van der Waals surface area contributed by atoms with Crippen LogP contribution >= 0.6 is 0 Å². The first kappa shape index (κ1) is 21.9. The van der Waals surface area contributed by atoms with Gasteiger partial charge >= 0.3 is 0 Å². The lowest BCUT2D eigenvalue weighted by molar-refractivity contribution is -0.122. The zero-order valence-electron chi connectivity index (χ0n) is 16.5. The summed E-state index contributed by atoms with van der Waals surface area (Å²) < 4.78 is 27.9. The van der Waals surface area contributed by atoms with E-state index in [-0.39, 0.29) is 23.3 Å². The van der Waals surface area contributed by atoms with Crippen LogP contribution in [0, 0.1) is 5.92 Å². The molecule has 0 saturated heterocycles. The highest BCUT2D eigenvalue weighted by Gasteiger charge is 2.15. The molecule has 0 saturated carbocycles. The van der Waals surface area contributed by atoms with Crippen molar-refractivity contribution in [2.24, 2.45) is 11.1 Å². The predicted molar refractivity (Wildman–Crippen MR) is 110 cm³/mol. The number of amides is 1. The van der Waals surface area contributed by atoms with Crippen molar-refractivity contribution in [2.45, 2.75) is 38.0 Å². The number of hydrogen-bond acceptors (Lipinski definition) is 4. The van der Waals surface area contributed by atoms with Gasteiger partial charge in [0.1, 0.15) is 12.4 Å². The topological polar surface area (TPSA) is 98.5 Å². The number of nitrogens with two attached hydrogens (primary N) is 1. The number of carbonyl (C=O) groups excluding carboxylic acids is 1. The van der Waals surface area contributed by atoms with Crippen molar-refractivity contribution in [1.29, 1.82) is 0 Å². The minimum Gasteiger partial charge on any atom is -0.492 e. The van der Waals surface area contributed by atoms with Gasteiger partial charge in [0, 0.05) is 0 Å². The number of nitrogens with one attached hydrogen (secondary N) is 1. The molecule has 2 aromatic carbocycles. The molecule has 0 bridgehead atoms. The van der Waals surface area contributed by atoms with Crippen LogP contribution in [0.5, 0.6) is 5.75 Å². The molecule has 28 heavy (non-hydrogen) atoms. The molecule has 0 aliphatic rings. The molecule has 0 heterocycles. The van der Waals surface area contributed by atoms with Crippen molar-refractivity contribution in [1.82, 2.24) is 5.32 Å². The molecule has 0 aliphatic carbocycles. The van der Waals surface area contributed by atoms with Gasteiger partial charge in [0.15, 0.2) is 0 Å². The summed E-state index contributed by atoms with van der Waals surface area (Å²) in [6.45, 7) is 6.87. The van der Waals surface area contributed by atoms with Gasteiger partial charge in [-0.1, -0.05) is 38.1 Å². The summed E-state index contributed by atoms with van der Waals surface area (Å²) in [6, 6.07) is 14.0. The summed E-state index contributed by atoms with van der Waals surface area (Å²) in [5.74, 6) is 0.796. The SMILES string of the molecule is CC(C)Cc1ccc(C(C)C(=O)NCCOc2ccc(S(N)(=O)=O)cc2)cc1. The Hall–Kier alpha value is -2.38. The van der Waals surface area contributed by atoms with E-state index in [4.69, 9.17) is 9.88 Å². The Morgan fingerprint density at radius 2 is 1.64 bits per heavy atom. The number of rotatable bonds is 9. The second kappa shape index (κ2) is 9.71. The average Bonchev–Trinajstić information content (AvgIpc) is 2.64. The van der Waals surface area contributed by atoms with E-state index in [2.05, 4.69) is 31.3 Å². The van der Waals surface area contributed by atoms with E-state index in [1.165, 1.54) is 29.8 Å². The maximum Gasteiger partial charge on any atom is 0.238 e. The Labute approximate surface area is 167 Å². The second-order valence-electron chi connectivity index (χ2n) is 7.22. The Balaban J connectivity index is 1.78.